The zero-order valence-electron chi connectivity index (χ0n) is 15.0. The molecule has 1 aromatic heterocycles. The lowest BCUT2D eigenvalue weighted by molar-refractivity contribution is 0.0960. The van der Waals surface area contributed by atoms with Crippen LogP contribution in [0.4, 0.5) is 4.39 Å². The lowest BCUT2D eigenvalue weighted by Gasteiger charge is -2.26. The number of nitrogens with one attached hydrogen (secondary N) is 3. The molecule has 0 saturated carbocycles. The fourth-order valence-corrected chi connectivity index (χ4v) is 4.32. The Morgan fingerprint density at radius 1 is 1.19 bits per heavy atom. The van der Waals surface area contributed by atoms with E-state index in [2.05, 4.69) is 19.9 Å². The van der Waals surface area contributed by atoms with Gasteiger partial charge < -0.3 is 15.6 Å². The van der Waals surface area contributed by atoms with Gasteiger partial charge in [0.25, 0.3) is 5.91 Å². The summed E-state index contributed by atoms with van der Waals surface area (Å²) in [6.07, 6.45) is 1.86. The number of nitrogens with zero attached hydrogens (tertiary/aromatic N) is 1. The Hall–Kier alpha value is -2.35. The van der Waals surface area contributed by atoms with Gasteiger partial charge in [-0.3, -0.25) is 4.79 Å². The number of carbonyl (C=O) groups is 1. The van der Waals surface area contributed by atoms with Gasteiger partial charge in [0.15, 0.2) is 0 Å². The first-order valence-electron chi connectivity index (χ1n) is 8.92. The molecule has 27 heavy (non-hydrogen) atoms. The van der Waals surface area contributed by atoms with Gasteiger partial charge in [0.1, 0.15) is 5.82 Å². The Bertz CT molecular complexity index is 981. The van der Waals surface area contributed by atoms with E-state index >= 15 is 0 Å². The molecule has 0 bridgehead atoms. The molecule has 4 rings (SSSR count). The maximum absolute atomic E-state index is 13.5. The molecule has 2 heterocycles. The standard InChI is InChI=1S/C20H21FN4OS/c1-22-20(26)16-10-13(2-5-19(16)27-25-8-6-23-7-9-25)17-12-24-18-11-14(21)3-4-15(17)18/h2-5,10-12,23-24H,6-9H2,1H3,(H,22,26). The van der Waals surface area contributed by atoms with E-state index in [1.807, 2.05) is 24.4 Å². The first kappa shape index (κ1) is 18.0. The number of piperazine rings is 1. The van der Waals surface area contributed by atoms with Crippen LogP contribution in [0.5, 0.6) is 0 Å². The molecule has 0 unspecified atom stereocenters. The molecule has 0 spiro atoms. The van der Waals surface area contributed by atoms with Crippen LogP contribution >= 0.6 is 11.9 Å². The summed E-state index contributed by atoms with van der Waals surface area (Å²) in [6, 6.07) is 10.6. The SMILES string of the molecule is CNC(=O)c1cc(-c2c[nH]c3cc(F)ccc23)ccc1SN1CCNCC1. The van der Waals surface area contributed by atoms with Crippen molar-refractivity contribution in [3.63, 3.8) is 0 Å². The Balaban J connectivity index is 1.72. The van der Waals surface area contributed by atoms with Gasteiger partial charge in [0.05, 0.1) is 5.56 Å². The number of hydrogen-bond donors (Lipinski definition) is 3. The van der Waals surface area contributed by atoms with Crippen LogP contribution in [0.25, 0.3) is 22.0 Å². The Kier molecular flexibility index (Phi) is 5.15. The predicted octanol–water partition coefficient (Wildman–Crippen LogP) is 3.25. The van der Waals surface area contributed by atoms with Crippen molar-refractivity contribution >= 4 is 28.8 Å². The topological polar surface area (TPSA) is 60.2 Å². The highest BCUT2D eigenvalue weighted by Gasteiger charge is 2.18. The van der Waals surface area contributed by atoms with Crippen LogP contribution in [-0.4, -0.2) is 48.4 Å². The lowest BCUT2D eigenvalue weighted by atomic mass is 10.0. The smallest absolute Gasteiger partial charge is 0.252 e. The van der Waals surface area contributed by atoms with E-state index in [1.54, 1.807) is 25.1 Å². The second-order valence-corrected chi connectivity index (χ2v) is 7.59. The highest BCUT2D eigenvalue weighted by Crippen LogP contribution is 2.34. The van der Waals surface area contributed by atoms with Gasteiger partial charge in [-0.25, -0.2) is 8.70 Å². The summed E-state index contributed by atoms with van der Waals surface area (Å²) in [6.45, 7) is 3.78. The van der Waals surface area contributed by atoms with E-state index in [0.29, 0.717) is 5.56 Å². The van der Waals surface area contributed by atoms with Crippen molar-refractivity contribution in [2.24, 2.45) is 0 Å². The number of hydrogen-bond acceptors (Lipinski definition) is 4. The maximum Gasteiger partial charge on any atom is 0.252 e. The number of H-pyrrole nitrogens is 1. The molecular formula is C20H21FN4OS. The van der Waals surface area contributed by atoms with Crippen LogP contribution in [0, 0.1) is 5.82 Å². The minimum atomic E-state index is -0.273. The van der Waals surface area contributed by atoms with Crippen LogP contribution in [0.2, 0.25) is 0 Å². The average Bonchev–Trinajstić information content (AvgIpc) is 3.11. The number of fused-ring (bicyclic) bond motifs is 1. The van der Waals surface area contributed by atoms with Gasteiger partial charge in [0.2, 0.25) is 0 Å². The monoisotopic (exact) mass is 384 g/mol. The fraction of sp³-hybridized carbons (Fsp3) is 0.250. The molecule has 1 aliphatic rings. The molecular weight excluding hydrogens is 363 g/mol. The molecule has 0 atom stereocenters. The third-order valence-corrected chi connectivity index (χ3v) is 5.89. The largest absolute Gasteiger partial charge is 0.360 e. The Labute approximate surface area is 161 Å². The highest BCUT2D eigenvalue weighted by atomic mass is 32.2. The van der Waals surface area contributed by atoms with Crippen molar-refractivity contribution in [3.05, 3.63) is 54.0 Å². The van der Waals surface area contributed by atoms with E-state index in [4.69, 9.17) is 0 Å². The average molecular weight is 384 g/mol. The van der Waals surface area contributed by atoms with Crippen LogP contribution < -0.4 is 10.6 Å². The van der Waals surface area contributed by atoms with E-state index in [0.717, 1.165) is 53.1 Å². The van der Waals surface area contributed by atoms with Gasteiger partial charge in [-0.05, 0) is 47.8 Å². The quantitative estimate of drug-likeness (QED) is 0.605. The van der Waals surface area contributed by atoms with Gasteiger partial charge in [0, 0.05) is 60.8 Å². The van der Waals surface area contributed by atoms with Crippen molar-refractivity contribution in [1.29, 1.82) is 0 Å². The number of benzene rings is 2. The summed E-state index contributed by atoms with van der Waals surface area (Å²) in [7, 11) is 1.64. The summed E-state index contributed by atoms with van der Waals surface area (Å²) in [5, 5.41) is 7.00. The van der Waals surface area contributed by atoms with Crippen molar-refractivity contribution in [2.45, 2.75) is 4.90 Å². The molecule has 1 amide bonds. The van der Waals surface area contributed by atoms with E-state index in [-0.39, 0.29) is 11.7 Å². The van der Waals surface area contributed by atoms with Gasteiger partial charge in [-0.2, -0.15) is 0 Å². The zero-order valence-corrected chi connectivity index (χ0v) is 15.8. The molecule has 7 heteroatoms. The van der Waals surface area contributed by atoms with Gasteiger partial charge in [-0.15, -0.1) is 0 Å². The summed E-state index contributed by atoms with van der Waals surface area (Å²) in [5.41, 5.74) is 3.27. The third-order valence-electron chi connectivity index (χ3n) is 4.71. The minimum absolute atomic E-state index is 0.111. The van der Waals surface area contributed by atoms with Crippen molar-refractivity contribution in [1.82, 2.24) is 19.9 Å². The normalized spacial score (nSPS) is 15.2. The first-order valence-corrected chi connectivity index (χ1v) is 9.70. The molecule has 5 nitrogen and oxygen atoms in total. The Morgan fingerprint density at radius 2 is 2.00 bits per heavy atom. The summed E-state index contributed by atoms with van der Waals surface area (Å²) in [5.74, 6) is -0.384. The molecule has 1 saturated heterocycles. The predicted molar refractivity (Wildman–Crippen MR) is 107 cm³/mol. The molecule has 140 valence electrons. The molecule has 1 aliphatic heterocycles. The van der Waals surface area contributed by atoms with Gasteiger partial charge >= 0.3 is 0 Å². The number of halogens is 1. The first-order chi connectivity index (χ1) is 13.2. The lowest BCUT2D eigenvalue weighted by Crippen LogP contribution is -2.39. The second-order valence-electron chi connectivity index (χ2n) is 6.45. The van der Waals surface area contributed by atoms with Gasteiger partial charge in [-0.1, -0.05) is 6.07 Å². The Morgan fingerprint density at radius 3 is 2.78 bits per heavy atom. The minimum Gasteiger partial charge on any atom is -0.360 e. The van der Waals surface area contributed by atoms with Crippen molar-refractivity contribution < 1.29 is 9.18 Å². The second kappa shape index (κ2) is 7.72. The van der Waals surface area contributed by atoms with E-state index in [9.17, 15) is 9.18 Å². The molecule has 3 aromatic rings. The van der Waals surface area contributed by atoms with Crippen LogP contribution in [-0.2, 0) is 0 Å². The third kappa shape index (κ3) is 3.71. The molecule has 0 radical (unpaired) electrons. The molecule has 2 aromatic carbocycles. The maximum atomic E-state index is 13.5. The highest BCUT2D eigenvalue weighted by molar-refractivity contribution is 7.97. The van der Waals surface area contributed by atoms with Crippen molar-refractivity contribution in [3.8, 4) is 11.1 Å². The van der Waals surface area contributed by atoms with E-state index in [1.165, 1.54) is 12.1 Å². The number of aromatic nitrogens is 1. The summed E-state index contributed by atoms with van der Waals surface area (Å²) in [4.78, 5) is 16.5. The number of rotatable bonds is 4. The summed E-state index contributed by atoms with van der Waals surface area (Å²) < 4.78 is 15.7. The van der Waals surface area contributed by atoms with Crippen molar-refractivity contribution in [2.75, 3.05) is 33.2 Å². The fourth-order valence-electron chi connectivity index (χ4n) is 3.30. The number of carbonyl (C=O) groups excluding carboxylic acids is 1. The van der Waals surface area contributed by atoms with Crippen LogP contribution in [0.15, 0.2) is 47.5 Å². The van der Waals surface area contributed by atoms with Crippen LogP contribution in [0.1, 0.15) is 10.4 Å². The zero-order chi connectivity index (χ0) is 18.8. The summed E-state index contributed by atoms with van der Waals surface area (Å²) >= 11 is 1.62. The number of aromatic amines is 1. The van der Waals surface area contributed by atoms with Crippen LogP contribution in [0.3, 0.4) is 0 Å². The van der Waals surface area contributed by atoms with E-state index < -0.39 is 0 Å². The number of amides is 1. The molecule has 0 aliphatic carbocycles. The molecule has 3 N–H and O–H groups in total. The molecule has 1 fully saturated rings.